The molecule has 1 rings (SSSR count). The number of aromatic nitrogens is 1. The van der Waals surface area contributed by atoms with Gasteiger partial charge in [-0.25, -0.2) is 4.98 Å². The number of thioether (sulfide) groups is 1. The van der Waals surface area contributed by atoms with E-state index in [1.54, 1.807) is 0 Å². The van der Waals surface area contributed by atoms with E-state index in [4.69, 9.17) is 0 Å². The first-order chi connectivity index (χ1) is 8.74. The van der Waals surface area contributed by atoms with Gasteiger partial charge in [-0.1, -0.05) is 12.8 Å². The van der Waals surface area contributed by atoms with E-state index in [1.807, 2.05) is 11.8 Å². The average molecular weight is 269 g/mol. The van der Waals surface area contributed by atoms with Gasteiger partial charge in [0.05, 0.1) is 11.0 Å². The second-order valence-electron chi connectivity index (χ2n) is 3.99. The van der Waals surface area contributed by atoms with Crippen molar-refractivity contribution in [3.63, 3.8) is 0 Å². The number of nitrogens with one attached hydrogen (secondary N) is 1. The highest BCUT2D eigenvalue weighted by atomic mass is 32.2. The zero-order chi connectivity index (χ0) is 13.2. The Labute approximate surface area is 112 Å². The topological polar surface area (TPSA) is 68.1 Å². The molecule has 0 radical (unpaired) electrons. The maximum Gasteiger partial charge on any atom is 0.274 e. The Morgan fingerprint density at radius 3 is 2.89 bits per heavy atom. The van der Waals surface area contributed by atoms with Crippen molar-refractivity contribution >= 4 is 23.3 Å². The molecule has 0 saturated carbocycles. The van der Waals surface area contributed by atoms with Crippen LogP contribution in [0.4, 0.5) is 11.5 Å². The van der Waals surface area contributed by atoms with Gasteiger partial charge < -0.3 is 5.32 Å². The normalized spacial score (nSPS) is 10.3. The highest BCUT2D eigenvalue weighted by Crippen LogP contribution is 2.14. The van der Waals surface area contributed by atoms with Crippen LogP contribution in [0.25, 0.3) is 0 Å². The Balaban J connectivity index is 2.19. The molecule has 6 heteroatoms. The van der Waals surface area contributed by atoms with Crippen LogP contribution < -0.4 is 5.32 Å². The van der Waals surface area contributed by atoms with Crippen LogP contribution >= 0.6 is 11.8 Å². The molecule has 1 aromatic rings. The molecule has 0 unspecified atom stereocenters. The van der Waals surface area contributed by atoms with Crippen LogP contribution in [0.3, 0.4) is 0 Å². The van der Waals surface area contributed by atoms with Gasteiger partial charge in [0, 0.05) is 18.8 Å². The summed E-state index contributed by atoms with van der Waals surface area (Å²) in [5, 5.41) is 13.7. The SMILES string of the molecule is CSCCCCCCNc1cc([N+](=O)[O-])ccn1. The Bertz CT molecular complexity index is 374. The van der Waals surface area contributed by atoms with Gasteiger partial charge in [0.15, 0.2) is 0 Å². The van der Waals surface area contributed by atoms with E-state index in [0.717, 1.165) is 13.0 Å². The van der Waals surface area contributed by atoms with Gasteiger partial charge >= 0.3 is 0 Å². The van der Waals surface area contributed by atoms with Gasteiger partial charge in [-0.15, -0.1) is 0 Å². The molecule has 5 nitrogen and oxygen atoms in total. The summed E-state index contributed by atoms with van der Waals surface area (Å²) in [6.07, 6.45) is 8.33. The first kappa shape index (κ1) is 14.8. The third-order valence-corrected chi connectivity index (χ3v) is 3.23. The summed E-state index contributed by atoms with van der Waals surface area (Å²) >= 11 is 1.88. The van der Waals surface area contributed by atoms with Crippen molar-refractivity contribution in [2.75, 3.05) is 23.9 Å². The lowest BCUT2D eigenvalue weighted by Gasteiger charge is -2.05. The minimum Gasteiger partial charge on any atom is -0.370 e. The predicted octanol–water partition coefficient (Wildman–Crippen LogP) is 3.33. The summed E-state index contributed by atoms with van der Waals surface area (Å²) in [5.74, 6) is 1.80. The molecular weight excluding hydrogens is 250 g/mol. The largest absolute Gasteiger partial charge is 0.370 e. The summed E-state index contributed by atoms with van der Waals surface area (Å²) in [7, 11) is 0. The van der Waals surface area contributed by atoms with Crippen LogP contribution in [0.1, 0.15) is 25.7 Å². The average Bonchev–Trinajstić information content (AvgIpc) is 2.38. The quantitative estimate of drug-likeness (QED) is 0.423. The van der Waals surface area contributed by atoms with E-state index in [-0.39, 0.29) is 5.69 Å². The van der Waals surface area contributed by atoms with Crippen molar-refractivity contribution in [3.8, 4) is 0 Å². The second kappa shape index (κ2) is 8.74. The predicted molar refractivity (Wildman–Crippen MR) is 76.2 cm³/mol. The van der Waals surface area contributed by atoms with E-state index in [2.05, 4.69) is 16.6 Å². The van der Waals surface area contributed by atoms with Crippen LogP contribution in [-0.2, 0) is 0 Å². The molecule has 0 aliphatic heterocycles. The number of nitrogens with zero attached hydrogens (tertiary/aromatic N) is 2. The molecule has 0 amide bonds. The number of pyridine rings is 1. The standard InChI is InChI=1S/C12H19N3O2S/c1-18-9-5-3-2-4-7-13-12-10-11(15(16)17)6-8-14-12/h6,8,10H,2-5,7,9H2,1H3,(H,13,14). The molecule has 18 heavy (non-hydrogen) atoms. The third kappa shape index (κ3) is 5.86. The molecule has 0 saturated heterocycles. The summed E-state index contributed by atoms with van der Waals surface area (Å²) in [4.78, 5) is 14.2. The second-order valence-corrected chi connectivity index (χ2v) is 4.98. The third-order valence-electron chi connectivity index (χ3n) is 2.54. The van der Waals surface area contributed by atoms with E-state index in [1.165, 1.54) is 43.3 Å². The fourth-order valence-electron chi connectivity index (χ4n) is 1.57. The van der Waals surface area contributed by atoms with E-state index < -0.39 is 4.92 Å². The highest BCUT2D eigenvalue weighted by Gasteiger charge is 2.05. The zero-order valence-corrected chi connectivity index (χ0v) is 11.4. The van der Waals surface area contributed by atoms with Crippen LogP contribution in [-0.4, -0.2) is 28.5 Å². The van der Waals surface area contributed by atoms with Gasteiger partial charge in [-0.2, -0.15) is 11.8 Å². The lowest BCUT2D eigenvalue weighted by molar-refractivity contribution is -0.384. The Hall–Kier alpha value is -1.30. The lowest BCUT2D eigenvalue weighted by Crippen LogP contribution is -2.03. The molecule has 0 aromatic carbocycles. The molecular formula is C12H19N3O2S. The maximum atomic E-state index is 10.6. The fraction of sp³-hybridized carbons (Fsp3) is 0.583. The molecule has 0 aliphatic rings. The molecule has 100 valence electrons. The van der Waals surface area contributed by atoms with Crippen LogP contribution in [0, 0.1) is 10.1 Å². The van der Waals surface area contributed by atoms with E-state index in [0.29, 0.717) is 5.82 Å². The lowest BCUT2D eigenvalue weighted by atomic mass is 10.2. The van der Waals surface area contributed by atoms with Crippen molar-refractivity contribution in [1.29, 1.82) is 0 Å². The Morgan fingerprint density at radius 2 is 2.17 bits per heavy atom. The maximum absolute atomic E-state index is 10.6. The van der Waals surface area contributed by atoms with Crippen LogP contribution in [0.5, 0.6) is 0 Å². The van der Waals surface area contributed by atoms with Crippen molar-refractivity contribution in [1.82, 2.24) is 4.98 Å². The van der Waals surface area contributed by atoms with Gasteiger partial charge in [0.2, 0.25) is 0 Å². The number of hydrogen-bond acceptors (Lipinski definition) is 5. The number of unbranched alkanes of at least 4 members (excludes halogenated alkanes) is 3. The smallest absolute Gasteiger partial charge is 0.274 e. The van der Waals surface area contributed by atoms with Crippen LogP contribution in [0.15, 0.2) is 18.3 Å². The first-order valence-corrected chi connectivity index (χ1v) is 7.46. The van der Waals surface area contributed by atoms with Gasteiger partial charge in [0.1, 0.15) is 5.82 Å². The van der Waals surface area contributed by atoms with Crippen LogP contribution in [0.2, 0.25) is 0 Å². The molecule has 1 heterocycles. The highest BCUT2D eigenvalue weighted by molar-refractivity contribution is 7.98. The van der Waals surface area contributed by atoms with Gasteiger partial charge in [-0.3, -0.25) is 10.1 Å². The Kier molecular flexibility index (Phi) is 7.17. The van der Waals surface area contributed by atoms with E-state index in [9.17, 15) is 10.1 Å². The molecule has 0 spiro atoms. The molecule has 1 aromatic heterocycles. The summed E-state index contributed by atoms with van der Waals surface area (Å²) < 4.78 is 0. The molecule has 0 bridgehead atoms. The Morgan fingerprint density at radius 1 is 1.39 bits per heavy atom. The van der Waals surface area contributed by atoms with E-state index >= 15 is 0 Å². The van der Waals surface area contributed by atoms with Crippen molar-refractivity contribution in [2.24, 2.45) is 0 Å². The summed E-state index contributed by atoms with van der Waals surface area (Å²) in [6.45, 7) is 0.813. The van der Waals surface area contributed by atoms with Gasteiger partial charge in [0.25, 0.3) is 5.69 Å². The van der Waals surface area contributed by atoms with Crippen molar-refractivity contribution in [3.05, 3.63) is 28.4 Å². The minimum atomic E-state index is -0.407. The first-order valence-electron chi connectivity index (χ1n) is 6.07. The minimum absolute atomic E-state index is 0.0764. The fourth-order valence-corrected chi connectivity index (χ4v) is 2.06. The monoisotopic (exact) mass is 269 g/mol. The molecule has 1 N–H and O–H groups in total. The number of nitro groups is 1. The zero-order valence-electron chi connectivity index (χ0n) is 10.6. The number of hydrogen-bond donors (Lipinski definition) is 1. The number of rotatable bonds is 9. The van der Waals surface area contributed by atoms with Gasteiger partial charge in [-0.05, 0) is 24.9 Å². The molecule has 0 aliphatic carbocycles. The summed E-state index contributed by atoms with van der Waals surface area (Å²) in [5.41, 5.74) is 0.0764. The molecule has 0 fully saturated rings. The van der Waals surface area contributed by atoms with Crippen molar-refractivity contribution < 1.29 is 4.92 Å². The number of anilines is 1. The summed E-state index contributed by atoms with van der Waals surface area (Å²) in [6, 6.07) is 2.86. The molecule has 0 atom stereocenters. The van der Waals surface area contributed by atoms with Crippen molar-refractivity contribution in [2.45, 2.75) is 25.7 Å².